The largest absolute Gasteiger partial charge is 0.497 e. The van der Waals surface area contributed by atoms with Crippen LogP contribution in [0.25, 0.3) is 0 Å². The quantitative estimate of drug-likeness (QED) is 0.849. The average molecular weight is 292 g/mol. The van der Waals surface area contributed by atoms with Crippen LogP contribution in [-0.2, 0) is 6.54 Å². The summed E-state index contributed by atoms with van der Waals surface area (Å²) < 4.78 is 10.6. The molecule has 1 aromatic heterocycles. The summed E-state index contributed by atoms with van der Waals surface area (Å²) in [7, 11) is 3.33. The van der Waals surface area contributed by atoms with E-state index in [1.54, 1.807) is 25.6 Å². The predicted octanol–water partition coefficient (Wildman–Crippen LogP) is 3.40. The van der Waals surface area contributed by atoms with Crippen LogP contribution in [0.4, 0.5) is 0 Å². The van der Waals surface area contributed by atoms with Gasteiger partial charge in [0.15, 0.2) is 0 Å². The second-order valence-electron chi connectivity index (χ2n) is 4.39. The summed E-state index contributed by atoms with van der Waals surface area (Å²) in [6.07, 6.45) is 2.85. The third-order valence-electron chi connectivity index (χ3n) is 3.19. The fourth-order valence-electron chi connectivity index (χ4n) is 2.04. The van der Waals surface area contributed by atoms with Gasteiger partial charge in [-0.25, -0.2) is 4.98 Å². The molecule has 0 spiro atoms. The summed E-state index contributed by atoms with van der Waals surface area (Å²) in [6.45, 7) is 2.90. The fourth-order valence-corrected chi connectivity index (χ4v) is 2.84. The second kappa shape index (κ2) is 7.26. The number of methoxy groups -OCH3 is 2. The summed E-state index contributed by atoms with van der Waals surface area (Å²) in [4.78, 5) is 4.37. The van der Waals surface area contributed by atoms with E-state index in [-0.39, 0.29) is 6.04 Å². The minimum atomic E-state index is 0.279. The Kier molecular flexibility index (Phi) is 5.38. The van der Waals surface area contributed by atoms with E-state index in [2.05, 4.69) is 17.2 Å². The van der Waals surface area contributed by atoms with E-state index in [0.29, 0.717) is 0 Å². The van der Waals surface area contributed by atoms with Gasteiger partial charge in [0, 0.05) is 29.8 Å². The molecule has 0 radical (unpaired) electrons. The molecule has 1 heterocycles. The third-order valence-corrected chi connectivity index (χ3v) is 4.08. The normalized spacial score (nSPS) is 12.2. The first-order chi connectivity index (χ1) is 9.78. The van der Waals surface area contributed by atoms with Gasteiger partial charge in [0.2, 0.25) is 0 Å². The Morgan fingerprint density at radius 2 is 2.15 bits per heavy atom. The molecule has 0 aliphatic rings. The van der Waals surface area contributed by atoms with E-state index < -0.39 is 0 Å². The summed E-state index contributed by atoms with van der Waals surface area (Å²) in [6, 6.07) is 6.16. The van der Waals surface area contributed by atoms with Crippen molar-refractivity contribution in [3.63, 3.8) is 0 Å². The molecule has 0 aliphatic heterocycles. The van der Waals surface area contributed by atoms with Crippen LogP contribution in [0.5, 0.6) is 11.5 Å². The average Bonchev–Trinajstić information content (AvgIpc) is 3.02. The Labute approximate surface area is 123 Å². The molecule has 1 N–H and O–H groups in total. The molecule has 0 saturated heterocycles. The van der Waals surface area contributed by atoms with E-state index in [1.807, 2.05) is 29.8 Å². The maximum atomic E-state index is 5.41. The highest BCUT2D eigenvalue weighted by Gasteiger charge is 2.12. The molecule has 108 valence electrons. The van der Waals surface area contributed by atoms with Gasteiger partial charge in [-0.1, -0.05) is 13.0 Å². The second-order valence-corrected chi connectivity index (χ2v) is 5.32. The van der Waals surface area contributed by atoms with Crippen LogP contribution >= 0.6 is 11.3 Å². The first-order valence-corrected chi connectivity index (χ1v) is 7.50. The van der Waals surface area contributed by atoms with Crippen molar-refractivity contribution in [3.05, 3.63) is 40.3 Å². The first kappa shape index (κ1) is 14.8. The fraction of sp³-hybridized carbons (Fsp3) is 0.400. The van der Waals surface area contributed by atoms with Crippen LogP contribution in [0, 0.1) is 0 Å². The highest BCUT2D eigenvalue weighted by molar-refractivity contribution is 7.09. The lowest BCUT2D eigenvalue weighted by molar-refractivity contribution is 0.388. The van der Waals surface area contributed by atoms with Crippen LogP contribution in [0.15, 0.2) is 29.8 Å². The van der Waals surface area contributed by atoms with E-state index in [0.717, 1.165) is 35.0 Å². The lowest BCUT2D eigenvalue weighted by Crippen LogP contribution is -2.20. The minimum absolute atomic E-state index is 0.279. The maximum absolute atomic E-state index is 5.41. The predicted molar refractivity (Wildman–Crippen MR) is 81.5 cm³/mol. The highest BCUT2D eigenvalue weighted by Crippen LogP contribution is 2.26. The molecular weight excluding hydrogens is 272 g/mol. The number of nitrogens with zero attached hydrogens (tertiary/aromatic N) is 1. The van der Waals surface area contributed by atoms with Gasteiger partial charge in [0.05, 0.1) is 20.3 Å². The minimum Gasteiger partial charge on any atom is -0.497 e. The van der Waals surface area contributed by atoms with Crippen molar-refractivity contribution in [2.24, 2.45) is 0 Å². The van der Waals surface area contributed by atoms with Gasteiger partial charge in [-0.05, 0) is 12.5 Å². The molecular formula is C15H20N2O2S. The topological polar surface area (TPSA) is 43.4 Å². The van der Waals surface area contributed by atoms with Gasteiger partial charge in [-0.15, -0.1) is 11.3 Å². The van der Waals surface area contributed by atoms with Crippen LogP contribution in [0.3, 0.4) is 0 Å². The SMILES string of the molecule is CCC(NCc1ccc(OC)cc1OC)c1nccs1. The molecule has 0 saturated carbocycles. The molecule has 2 rings (SSSR count). The van der Waals surface area contributed by atoms with Gasteiger partial charge in [0.25, 0.3) is 0 Å². The smallest absolute Gasteiger partial charge is 0.127 e. The zero-order valence-electron chi connectivity index (χ0n) is 12.1. The highest BCUT2D eigenvalue weighted by atomic mass is 32.1. The molecule has 1 aromatic carbocycles. The Bertz CT molecular complexity index is 529. The molecule has 0 fully saturated rings. The Hall–Kier alpha value is -1.59. The molecule has 2 aromatic rings. The zero-order chi connectivity index (χ0) is 14.4. The molecule has 20 heavy (non-hydrogen) atoms. The van der Waals surface area contributed by atoms with Gasteiger partial charge in [0.1, 0.15) is 16.5 Å². The Morgan fingerprint density at radius 1 is 1.30 bits per heavy atom. The molecule has 0 amide bonds. The van der Waals surface area contributed by atoms with Crippen molar-refractivity contribution in [2.45, 2.75) is 25.9 Å². The molecule has 0 aliphatic carbocycles. The summed E-state index contributed by atoms with van der Waals surface area (Å²) in [5, 5.41) is 6.66. The summed E-state index contributed by atoms with van der Waals surface area (Å²) in [5.41, 5.74) is 1.11. The van der Waals surface area contributed by atoms with Crippen molar-refractivity contribution >= 4 is 11.3 Å². The van der Waals surface area contributed by atoms with Crippen LogP contribution in [0.2, 0.25) is 0 Å². The Morgan fingerprint density at radius 3 is 2.75 bits per heavy atom. The van der Waals surface area contributed by atoms with Crippen molar-refractivity contribution < 1.29 is 9.47 Å². The van der Waals surface area contributed by atoms with E-state index in [1.165, 1.54) is 0 Å². The van der Waals surface area contributed by atoms with Crippen molar-refractivity contribution in [3.8, 4) is 11.5 Å². The third kappa shape index (κ3) is 3.49. The van der Waals surface area contributed by atoms with Gasteiger partial charge >= 0.3 is 0 Å². The zero-order valence-corrected chi connectivity index (χ0v) is 12.9. The number of rotatable bonds is 7. The standard InChI is InChI=1S/C15H20N2O2S/c1-4-13(15-16-7-8-20-15)17-10-11-5-6-12(18-2)9-14(11)19-3/h5-9,13,17H,4,10H2,1-3H3. The number of nitrogens with one attached hydrogen (secondary N) is 1. The number of thiazole rings is 1. The number of hydrogen-bond acceptors (Lipinski definition) is 5. The number of benzene rings is 1. The summed E-state index contributed by atoms with van der Waals surface area (Å²) in [5.74, 6) is 1.64. The number of aromatic nitrogens is 1. The van der Waals surface area contributed by atoms with Crippen LogP contribution in [-0.4, -0.2) is 19.2 Å². The van der Waals surface area contributed by atoms with E-state index in [4.69, 9.17) is 9.47 Å². The lowest BCUT2D eigenvalue weighted by atomic mass is 10.1. The van der Waals surface area contributed by atoms with E-state index in [9.17, 15) is 0 Å². The molecule has 1 unspecified atom stereocenters. The van der Waals surface area contributed by atoms with Gasteiger partial charge < -0.3 is 14.8 Å². The summed E-state index contributed by atoms with van der Waals surface area (Å²) >= 11 is 1.68. The van der Waals surface area contributed by atoms with Crippen LogP contribution < -0.4 is 14.8 Å². The first-order valence-electron chi connectivity index (χ1n) is 6.62. The number of ether oxygens (including phenoxy) is 2. The van der Waals surface area contributed by atoms with Gasteiger partial charge in [-0.2, -0.15) is 0 Å². The molecule has 4 nitrogen and oxygen atoms in total. The Balaban J connectivity index is 2.06. The molecule has 0 bridgehead atoms. The van der Waals surface area contributed by atoms with Crippen molar-refractivity contribution in [1.29, 1.82) is 0 Å². The maximum Gasteiger partial charge on any atom is 0.127 e. The number of hydrogen-bond donors (Lipinski definition) is 1. The van der Waals surface area contributed by atoms with Crippen molar-refractivity contribution in [1.82, 2.24) is 10.3 Å². The molecule has 5 heteroatoms. The molecule has 1 atom stereocenters. The van der Waals surface area contributed by atoms with Crippen LogP contribution in [0.1, 0.15) is 30.0 Å². The monoisotopic (exact) mass is 292 g/mol. The lowest BCUT2D eigenvalue weighted by Gasteiger charge is -2.16. The van der Waals surface area contributed by atoms with E-state index >= 15 is 0 Å². The van der Waals surface area contributed by atoms with Crippen molar-refractivity contribution in [2.75, 3.05) is 14.2 Å². The van der Waals surface area contributed by atoms with Gasteiger partial charge in [-0.3, -0.25) is 0 Å².